The van der Waals surface area contributed by atoms with E-state index in [-0.39, 0.29) is 11.6 Å². The summed E-state index contributed by atoms with van der Waals surface area (Å²) in [4.78, 5) is 4.59. The highest BCUT2D eigenvalue weighted by molar-refractivity contribution is 5.74. The van der Waals surface area contributed by atoms with Gasteiger partial charge in [-0.3, -0.25) is 4.40 Å². The highest BCUT2D eigenvalue weighted by Crippen LogP contribution is 2.32. The van der Waals surface area contributed by atoms with Crippen LogP contribution < -0.4 is 0 Å². The van der Waals surface area contributed by atoms with E-state index in [1.54, 1.807) is 36.4 Å². The molecule has 0 bridgehead atoms. The summed E-state index contributed by atoms with van der Waals surface area (Å²) in [5, 5.41) is 17.9. The van der Waals surface area contributed by atoms with E-state index >= 15 is 0 Å². The van der Waals surface area contributed by atoms with Crippen LogP contribution in [0.25, 0.3) is 16.9 Å². The van der Waals surface area contributed by atoms with E-state index < -0.39 is 0 Å². The summed E-state index contributed by atoms with van der Waals surface area (Å²) in [5.74, 6) is 0.413. The fraction of sp³-hybridized carbons (Fsp3) is 0. The fourth-order valence-electron chi connectivity index (χ4n) is 2.50. The lowest BCUT2D eigenvalue weighted by Crippen LogP contribution is -1.82. The Kier molecular flexibility index (Phi) is 3.70. The van der Waals surface area contributed by atoms with E-state index in [4.69, 9.17) is 0 Å². The third-order valence-electron chi connectivity index (χ3n) is 3.73. The average molecular weight is 332 g/mol. The van der Waals surface area contributed by atoms with E-state index in [2.05, 4.69) is 15.2 Å². The number of fused-ring (bicyclic) bond motifs is 1. The summed E-state index contributed by atoms with van der Waals surface area (Å²) in [6, 6.07) is 18.2. The van der Waals surface area contributed by atoms with Crippen LogP contribution in [-0.2, 0) is 0 Å². The number of imidazole rings is 1. The van der Waals surface area contributed by atoms with Gasteiger partial charge in [-0.15, -0.1) is 10.2 Å². The summed E-state index contributed by atoms with van der Waals surface area (Å²) >= 11 is 0. The van der Waals surface area contributed by atoms with Gasteiger partial charge in [-0.1, -0.05) is 6.07 Å². The second kappa shape index (κ2) is 6.16. The average Bonchev–Trinajstić information content (AvgIpc) is 3.00. The first kappa shape index (κ1) is 15.0. The summed E-state index contributed by atoms with van der Waals surface area (Å²) in [5.41, 5.74) is 2.70. The minimum Gasteiger partial charge on any atom is -0.508 e. The number of halogens is 1. The Morgan fingerprint density at radius 3 is 2.40 bits per heavy atom. The third kappa shape index (κ3) is 2.97. The molecule has 0 radical (unpaired) electrons. The van der Waals surface area contributed by atoms with Crippen molar-refractivity contribution >= 4 is 17.2 Å². The second-order valence-electron chi connectivity index (χ2n) is 5.44. The lowest BCUT2D eigenvalue weighted by atomic mass is 10.1. The number of benzene rings is 2. The summed E-state index contributed by atoms with van der Waals surface area (Å²) < 4.78 is 15.0. The molecule has 0 aliphatic heterocycles. The maximum absolute atomic E-state index is 13.2. The van der Waals surface area contributed by atoms with Crippen LogP contribution in [0.2, 0.25) is 0 Å². The van der Waals surface area contributed by atoms with Gasteiger partial charge in [0.15, 0.2) is 5.82 Å². The Hall–Kier alpha value is -3.54. The SMILES string of the molecule is Oc1ccc(N=Nc2c(-c3ccc(F)cc3)nc3ccccn23)cc1. The van der Waals surface area contributed by atoms with Crippen molar-refractivity contribution in [1.82, 2.24) is 9.38 Å². The smallest absolute Gasteiger partial charge is 0.187 e. The number of hydrogen-bond donors (Lipinski definition) is 1. The molecule has 0 atom stereocenters. The molecule has 0 saturated carbocycles. The van der Waals surface area contributed by atoms with Crippen LogP contribution in [0.3, 0.4) is 0 Å². The molecule has 1 N–H and O–H groups in total. The first-order valence-corrected chi connectivity index (χ1v) is 7.64. The first-order valence-electron chi connectivity index (χ1n) is 7.64. The van der Waals surface area contributed by atoms with Crippen LogP contribution in [0.1, 0.15) is 0 Å². The zero-order valence-electron chi connectivity index (χ0n) is 13.0. The van der Waals surface area contributed by atoms with Gasteiger partial charge in [0.25, 0.3) is 0 Å². The van der Waals surface area contributed by atoms with Gasteiger partial charge in [0.2, 0.25) is 0 Å². The van der Waals surface area contributed by atoms with Crippen molar-refractivity contribution in [2.24, 2.45) is 10.2 Å². The zero-order valence-corrected chi connectivity index (χ0v) is 13.0. The van der Waals surface area contributed by atoms with E-state index in [0.29, 0.717) is 17.2 Å². The lowest BCUT2D eigenvalue weighted by Gasteiger charge is -2.00. The standard InChI is InChI=1S/C19H13FN4O/c20-14-6-4-13(5-7-14)18-19(24-12-2-1-3-17(24)21-18)23-22-15-8-10-16(25)11-9-15/h1-12,25H. The molecule has 6 heteroatoms. The largest absolute Gasteiger partial charge is 0.508 e. The predicted molar refractivity (Wildman–Crippen MR) is 92.9 cm³/mol. The molecule has 4 rings (SSSR count). The minimum atomic E-state index is -0.306. The number of hydrogen-bond acceptors (Lipinski definition) is 4. The fourth-order valence-corrected chi connectivity index (χ4v) is 2.50. The molecular weight excluding hydrogens is 319 g/mol. The number of phenols is 1. The topological polar surface area (TPSA) is 62.2 Å². The molecule has 0 amide bonds. The molecule has 0 spiro atoms. The van der Waals surface area contributed by atoms with E-state index in [9.17, 15) is 9.50 Å². The monoisotopic (exact) mass is 332 g/mol. The van der Waals surface area contributed by atoms with Crippen LogP contribution >= 0.6 is 0 Å². The Balaban J connectivity index is 1.84. The van der Waals surface area contributed by atoms with Gasteiger partial charge in [-0.25, -0.2) is 9.37 Å². The summed E-state index contributed by atoms with van der Waals surface area (Å²) in [6.07, 6.45) is 1.85. The van der Waals surface area contributed by atoms with Crippen LogP contribution in [0.4, 0.5) is 15.9 Å². The molecule has 122 valence electrons. The molecule has 2 heterocycles. The van der Waals surface area contributed by atoms with Gasteiger partial charge < -0.3 is 5.11 Å². The van der Waals surface area contributed by atoms with Crippen molar-refractivity contribution in [2.45, 2.75) is 0 Å². The van der Waals surface area contributed by atoms with Crippen LogP contribution in [-0.4, -0.2) is 14.5 Å². The van der Waals surface area contributed by atoms with Gasteiger partial charge >= 0.3 is 0 Å². The van der Waals surface area contributed by atoms with Gasteiger partial charge in [-0.2, -0.15) is 0 Å². The Bertz CT molecular complexity index is 1050. The maximum Gasteiger partial charge on any atom is 0.187 e. The van der Waals surface area contributed by atoms with Crippen LogP contribution in [0.5, 0.6) is 5.75 Å². The number of aromatic hydroxyl groups is 1. The van der Waals surface area contributed by atoms with Crippen molar-refractivity contribution in [3.05, 3.63) is 78.7 Å². The zero-order chi connectivity index (χ0) is 17.2. The van der Waals surface area contributed by atoms with Crippen LogP contribution in [0, 0.1) is 5.82 Å². The van der Waals surface area contributed by atoms with Crippen molar-refractivity contribution in [2.75, 3.05) is 0 Å². The molecule has 2 aromatic heterocycles. The number of nitrogens with zero attached hydrogens (tertiary/aromatic N) is 4. The van der Waals surface area contributed by atoms with Crippen LogP contribution in [0.15, 0.2) is 83.2 Å². The molecule has 5 nitrogen and oxygen atoms in total. The molecule has 4 aromatic rings. The quantitative estimate of drug-likeness (QED) is 0.520. The number of rotatable bonds is 3. The molecular formula is C19H13FN4O. The molecule has 0 unspecified atom stereocenters. The number of pyridine rings is 1. The molecule has 25 heavy (non-hydrogen) atoms. The Labute approximate surface area is 142 Å². The molecule has 2 aromatic carbocycles. The van der Waals surface area contributed by atoms with E-state index in [1.165, 1.54) is 12.1 Å². The highest BCUT2D eigenvalue weighted by atomic mass is 19.1. The summed E-state index contributed by atoms with van der Waals surface area (Å²) in [7, 11) is 0. The number of azo groups is 1. The van der Waals surface area contributed by atoms with Gasteiger partial charge in [-0.05, 0) is 60.7 Å². The van der Waals surface area contributed by atoms with Gasteiger partial charge in [0, 0.05) is 11.8 Å². The van der Waals surface area contributed by atoms with Gasteiger partial charge in [0.1, 0.15) is 22.9 Å². The Morgan fingerprint density at radius 1 is 0.880 bits per heavy atom. The lowest BCUT2D eigenvalue weighted by molar-refractivity contribution is 0.475. The number of phenolic OH excluding ortho intramolecular Hbond substituents is 1. The molecule has 0 aliphatic rings. The number of aromatic nitrogens is 2. The minimum absolute atomic E-state index is 0.167. The molecule has 0 fully saturated rings. The molecule has 0 aliphatic carbocycles. The van der Waals surface area contributed by atoms with Crippen molar-refractivity contribution in [3.8, 4) is 17.0 Å². The predicted octanol–water partition coefficient (Wildman–Crippen LogP) is 5.26. The van der Waals surface area contributed by atoms with Crippen molar-refractivity contribution in [1.29, 1.82) is 0 Å². The summed E-state index contributed by atoms with van der Waals surface area (Å²) in [6.45, 7) is 0. The third-order valence-corrected chi connectivity index (χ3v) is 3.73. The van der Waals surface area contributed by atoms with Crippen molar-refractivity contribution in [3.63, 3.8) is 0 Å². The van der Waals surface area contributed by atoms with Crippen molar-refractivity contribution < 1.29 is 9.50 Å². The second-order valence-corrected chi connectivity index (χ2v) is 5.44. The van der Waals surface area contributed by atoms with E-state index in [1.807, 2.05) is 28.8 Å². The maximum atomic E-state index is 13.2. The van der Waals surface area contributed by atoms with E-state index in [0.717, 1.165) is 11.2 Å². The molecule has 0 saturated heterocycles. The first-order chi connectivity index (χ1) is 12.2. The van der Waals surface area contributed by atoms with Gasteiger partial charge in [0.05, 0.1) is 5.69 Å². The highest BCUT2D eigenvalue weighted by Gasteiger charge is 2.13. The Morgan fingerprint density at radius 2 is 1.64 bits per heavy atom. The normalized spacial score (nSPS) is 11.4.